The Kier molecular flexibility index (Phi) is 4.61. The van der Waals surface area contributed by atoms with E-state index < -0.39 is 11.1 Å². The number of carbonyl (C=O) groups is 1. The highest BCUT2D eigenvalue weighted by Crippen LogP contribution is 2.01. The van der Waals surface area contributed by atoms with Crippen molar-refractivity contribution < 1.29 is 4.79 Å². The van der Waals surface area contributed by atoms with E-state index in [-0.39, 0.29) is 10.7 Å². The molecular formula is C10H10N2O3S. The van der Waals surface area contributed by atoms with Gasteiger partial charge in [0.15, 0.2) is 5.12 Å². The molecule has 0 amide bonds. The summed E-state index contributed by atoms with van der Waals surface area (Å²) in [5.41, 5.74) is -0.690. The lowest BCUT2D eigenvalue weighted by Crippen LogP contribution is -2.20. The second-order valence-electron chi connectivity index (χ2n) is 2.89. The molecular weight excluding hydrogens is 228 g/mol. The number of thioether (sulfide) groups is 1. The molecule has 0 aliphatic carbocycles. The summed E-state index contributed by atoms with van der Waals surface area (Å²) in [6, 6.07) is 1.14. The highest BCUT2D eigenvalue weighted by Gasteiger charge is 1.95. The first-order valence-electron chi connectivity index (χ1n) is 4.54. The molecule has 84 valence electrons. The molecule has 0 fully saturated rings. The number of H-pyrrole nitrogens is 2. The van der Waals surface area contributed by atoms with Gasteiger partial charge >= 0.3 is 0 Å². The number of aromatic amines is 2. The summed E-state index contributed by atoms with van der Waals surface area (Å²) >= 11 is 1.18. The topological polar surface area (TPSA) is 82.8 Å². The van der Waals surface area contributed by atoms with Crippen LogP contribution in [0.3, 0.4) is 0 Å². The van der Waals surface area contributed by atoms with E-state index >= 15 is 0 Å². The minimum atomic E-state index is -0.425. The Morgan fingerprint density at radius 3 is 2.88 bits per heavy atom. The summed E-state index contributed by atoms with van der Waals surface area (Å²) in [7, 11) is 0. The van der Waals surface area contributed by atoms with Gasteiger partial charge in [0, 0.05) is 25.2 Å². The Hall–Kier alpha value is -1.74. The Bertz CT molecular complexity index is 547. The first-order chi connectivity index (χ1) is 7.59. The lowest BCUT2D eigenvalue weighted by atomic mass is 10.3. The molecule has 0 unspecified atom stereocenters. The molecule has 0 bridgehead atoms. The molecule has 0 saturated heterocycles. The molecule has 1 heterocycles. The van der Waals surface area contributed by atoms with Crippen molar-refractivity contribution in [2.45, 2.75) is 13.3 Å². The number of nitrogens with one attached hydrogen (secondary N) is 2. The molecule has 0 saturated carbocycles. The fraction of sp³-hybridized carbons (Fsp3) is 0.300. The lowest BCUT2D eigenvalue weighted by molar-refractivity contribution is -0.109. The zero-order chi connectivity index (χ0) is 12.0. The molecule has 1 aromatic heterocycles. The summed E-state index contributed by atoms with van der Waals surface area (Å²) < 4.78 is 0. The van der Waals surface area contributed by atoms with E-state index in [2.05, 4.69) is 22.0 Å². The van der Waals surface area contributed by atoms with Crippen molar-refractivity contribution in [1.29, 1.82) is 0 Å². The molecule has 0 atom stereocenters. The average molecular weight is 238 g/mol. The van der Waals surface area contributed by atoms with Crippen molar-refractivity contribution in [3.8, 4) is 11.8 Å². The van der Waals surface area contributed by atoms with Crippen LogP contribution in [0.5, 0.6) is 0 Å². The molecule has 6 heteroatoms. The van der Waals surface area contributed by atoms with Gasteiger partial charge in [-0.1, -0.05) is 23.6 Å². The van der Waals surface area contributed by atoms with E-state index in [9.17, 15) is 14.4 Å². The summed E-state index contributed by atoms with van der Waals surface area (Å²) in [5, 5.41) is 4.36. The number of aromatic nitrogens is 2. The monoisotopic (exact) mass is 238 g/mol. The van der Waals surface area contributed by atoms with Gasteiger partial charge in [-0.2, -0.15) is 0 Å². The van der Waals surface area contributed by atoms with Crippen LogP contribution in [0.1, 0.15) is 18.9 Å². The van der Waals surface area contributed by atoms with Crippen LogP contribution in [0.15, 0.2) is 15.7 Å². The number of carbonyl (C=O) groups excluding carboxylic acids is 1. The van der Waals surface area contributed by atoms with Crippen LogP contribution >= 0.6 is 11.8 Å². The smallest absolute Gasteiger partial charge is 0.278 e. The molecule has 0 spiro atoms. The van der Waals surface area contributed by atoms with E-state index in [1.54, 1.807) is 0 Å². The molecule has 5 nitrogen and oxygen atoms in total. The molecule has 1 aromatic rings. The summed E-state index contributed by atoms with van der Waals surface area (Å²) in [6.45, 7) is 1.49. The van der Waals surface area contributed by atoms with Crippen LogP contribution in [0.4, 0.5) is 0 Å². The van der Waals surface area contributed by atoms with E-state index in [4.69, 9.17) is 0 Å². The SMILES string of the molecule is CC(=O)SCCC#Cc1cc(=O)[nH][nH]c1=O. The maximum atomic E-state index is 11.2. The van der Waals surface area contributed by atoms with Crippen LogP contribution in [0.25, 0.3) is 0 Å². The van der Waals surface area contributed by atoms with Crippen LogP contribution < -0.4 is 11.1 Å². The van der Waals surface area contributed by atoms with E-state index in [0.717, 1.165) is 6.07 Å². The minimum Gasteiger partial charge on any atom is -0.288 e. The predicted octanol–water partition coefficient (Wildman–Crippen LogP) is 0.0845. The molecule has 0 aromatic carbocycles. The highest BCUT2D eigenvalue weighted by atomic mass is 32.2. The van der Waals surface area contributed by atoms with Gasteiger partial charge in [-0.05, 0) is 0 Å². The second-order valence-corrected chi connectivity index (χ2v) is 4.17. The number of hydrogen-bond acceptors (Lipinski definition) is 4. The zero-order valence-corrected chi connectivity index (χ0v) is 9.44. The number of rotatable bonds is 2. The standard InChI is InChI=1S/C10H10N2O3S/c1-7(13)16-5-3-2-4-8-6-9(14)11-12-10(8)15/h6H,3,5H2,1H3,(H,11,14)(H,12,15). The van der Waals surface area contributed by atoms with Crippen molar-refractivity contribution >= 4 is 16.9 Å². The van der Waals surface area contributed by atoms with Crippen LogP contribution in [0, 0.1) is 11.8 Å². The molecule has 1 rings (SSSR count). The lowest BCUT2D eigenvalue weighted by Gasteiger charge is -1.89. The summed E-state index contributed by atoms with van der Waals surface area (Å²) in [5.74, 6) is 5.91. The Labute approximate surface area is 95.6 Å². The molecule has 0 aliphatic rings. The summed E-state index contributed by atoms with van der Waals surface area (Å²) in [6.07, 6.45) is 0.497. The largest absolute Gasteiger partial charge is 0.288 e. The van der Waals surface area contributed by atoms with Crippen molar-refractivity contribution in [1.82, 2.24) is 10.2 Å². The van der Waals surface area contributed by atoms with Crippen LogP contribution in [-0.4, -0.2) is 21.1 Å². The van der Waals surface area contributed by atoms with Crippen molar-refractivity contribution in [2.75, 3.05) is 5.75 Å². The van der Waals surface area contributed by atoms with E-state index in [1.807, 2.05) is 0 Å². The van der Waals surface area contributed by atoms with Crippen molar-refractivity contribution in [3.63, 3.8) is 0 Å². The van der Waals surface area contributed by atoms with E-state index in [1.165, 1.54) is 18.7 Å². The normalized spacial score (nSPS) is 9.31. The van der Waals surface area contributed by atoms with Gasteiger partial charge in [-0.25, -0.2) is 0 Å². The molecule has 2 N–H and O–H groups in total. The second kappa shape index (κ2) is 5.98. The molecule has 0 aliphatic heterocycles. The molecule has 0 radical (unpaired) electrons. The van der Waals surface area contributed by atoms with Crippen LogP contribution in [0.2, 0.25) is 0 Å². The zero-order valence-electron chi connectivity index (χ0n) is 8.62. The van der Waals surface area contributed by atoms with Gasteiger partial charge in [0.05, 0.1) is 5.56 Å². The average Bonchev–Trinajstić information content (AvgIpc) is 2.22. The van der Waals surface area contributed by atoms with Crippen LogP contribution in [-0.2, 0) is 4.79 Å². The fourth-order valence-corrected chi connectivity index (χ4v) is 1.41. The molecule has 16 heavy (non-hydrogen) atoms. The Morgan fingerprint density at radius 2 is 2.19 bits per heavy atom. The highest BCUT2D eigenvalue weighted by molar-refractivity contribution is 8.13. The number of hydrogen-bond donors (Lipinski definition) is 2. The van der Waals surface area contributed by atoms with Crippen molar-refractivity contribution in [3.05, 3.63) is 32.3 Å². The predicted molar refractivity (Wildman–Crippen MR) is 62.3 cm³/mol. The quantitative estimate of drug-likeness (QED) is 0.565. The van der Waals surface area contributed by atoms with Gasteiger partial charge in [0.1, 0.15) is 0 Å². The maximum absolute atomic E-state index is 11.2. The van der Waals surface area contributed by atoms with Gasteiger partial charge < -0.3 is 0 Å². The third-order valence-corrected chi connectivity index (χ3v) is 2.39. The summed E-state index contributed by atoms with van der Waals surface area (Å²) in [4.78, 5) is 32.6. The van der Waals surface area contributed by atoms with Crippen molar-refractivity contribution in [2.24, 2.45) is 0 Å². The fourth-order valence-electron chi connectivity index (χ4n) is 0.915. The first kappa shape index (κ1) is 12.3. The van der Waals surface area contributed by atoms with Gasteiger partial charge in [0.2, 0.25) is 0 Å². The third kappa shape index (κ3) is 4.19. The Balaban J connectivity index is 2.63. The van der Waals surface area contributed by atoms with E-state index in [0.29, 0.717) is 12.2 Å². The minimum absolute atomic E-state index is 0.0378. The third-order valence-electron chi connectivity index (χ3n) is 1.57. The van der Waals surface area contributed by atoms with Gasteiger partial charge in [0.25, 0.3) is 11.1 Å². The van der Waals surface area contributed by atoms with Gasteiger partial charge in [-0.15, -0.1) is 0 Å². The Morgan fingerprint density at radius 1 is 1.44 bits per heavy atom. The maximum Gasteiger partial charge on any atom is 0.278 e. The first-order valence-corrected chi connectivity index (χ1v) is 5.52. The van der Waals surface area contributed by atoms with Gasteiger partial charge in [-0.3, -0.25) is 24.6 Å².